The standard InChI is InChI=1S/C16H23NO/c1-18-16(9-10-16)15-8-3-2-6-13(15)12-14-7-4-5-11-17-14/h2-3,6,8,14,17H,4-5,7,9-12H2,1H3. The molecule has 2 fully saturated rings. The van der Waals surface area contributed by atoms with Gasteiger partial charge in [0.25, 0.3) is 0 Å². The van der Waals surface area contributed by atoms with Gasteiger partial charge in [-0.2, -0.15) is 0 Å². The average Bonchev–Trinajstić information content (AvgIpc) is 3.22. The number of methoxy groups -OCH3 is 1. The lowest BCUT2D eigenvalue weighted by molar-refractivity contribution is 0.0780. The highest BCUT2D eigenvalue weighted by molar-refractivity contribution is 5.36. The third-order valence-electron chi connectivity index (χ3n) is 4.48. The van der Waals surface area contributed by atoms with E-state index in [0.717, 1.165) is 6.42 Å². The molecule has 0 bridgehead atoms. The maximum Gasteiger partial charge on any atom is 0.0932 e. The molecule has 1 unspecified atom stereocenters. The Morgan fingerprint density at radius 2 is 2.11 bits per heavy atom. The molecule has 2 heteroatoms. The second-order valence-electron chi connectivity index (χ2n) is 5.71. The Hall–Kier alpha value is -0.860. The molecule has 1 saturated heterocycles. The molecule has 2 nitrogen and oxygen atoms in total. The van der Waals surface area contributed by atoms with E-state index in [0.29, 0.717) is 6.04 Å². The van der Waals surface area contributed by atoms with E-state index < -0.39 is 0 Å². The van der Waals surface area contributed by atoms with Gasteiger partial charge in [0.15, 0.2) is 0 Å². The molecular weight excluding hydrogens is 222 g/mol. The minimum Gasteiger partial charge on any atom is -0.374 e. The molecule has 1 atom stereocenters. The molecule has 3 rings (SSSR count). The summed E-state index contributed by atoms with van der Waals surface area (Å²) in [5.41, 5.74) is 2.96. The smallest absolute Gasteiger partial charge is 0.0932 e. The Balaban J connectivity index is 1.79. The molecule has 1 aromatic carbocycles. The molecule has 2 aliphatic rings. The van der Waals surface area contributed by atoms with E-state index in [9.17, 15) is 0 Å². The van der Waals surface area contributed by atoms with E-state index in [1.165, 1.54) is 49.8 Å². The van der Waals surface area contributed by atoms with Crippen LogP contribution in [0.3, 0.4) is 0 Å². The van der Waals surface area contributed by atoms with E-state index in [-0.39, 0.29) is 5.60 Å². The SMILES string of the molecule is COC1(c2ccccc2CC2CCCCN2)CC1. The van der Waals surface area contributed by atoms with Gasteiger partial charge in [-0.05, 0) is 49.8 Å². The summed E-state index contributed by atoms with van der Waals surface area (Å²) in [5.74, 6) is 0. The van der Waals surface area contributed by atoms with Crippen molar-refractivity contribution in [1.82, 2.24) is 5.32 Å². The number of rotatable bonds is 4. The van der Waals surface area contributed by atoms with Gasteiger partial charge in [-0.25, -0.2) is 0 Å². The first-order valence-corrected chi connectivity index (χ1v) is 7.21. The van der Waals surface area contributed by atoms with Crippen LogP contribution < -0.4 is 5.32 Å². The Morgan fingerprint density at radius 1 is 1.28 bits per heavy atom. The zero-order valence-corrected chi connectivity index (χ0v) is 11.2. The fourth-order valence-electron chi connectivity index (χ4n) is 3.20. The number of nitrogens with one attached hydrogen (secondary N) is 1. The third kappa shape index (κ3) is 2.32. The van der Waals surface area contributed by atoms with Crippen molar-refractivity contribution in [3.05, 3.63) is 35.4 Å². The van der Waals surface area contributed by atoms with Gasteiger partial charge in [0.1, 0.15) is 0 Å². The van der Waals surface area contributed by atoms with Gasteiger partial charge in [-0.3, -0.25) is 0 Å². The normalized spacial score (nSPS) is 25.9. The summed E-state index contributed by atoms with van der Waals surface area (Å²) < 4.78 is 5.74. The largest absolute Gasteiger partial charge is 0.374 e. The van der Waals surface area contributed by atoms with Crippen molar-refractivity contribution in [3.8, 4) is 0 Å². The van der Waals surface area contributed by atoms with Gasteiger partial charge in [0, 0.05) is 13.2 Å². The van der Waals surface area contributed by atoms with Crippen molar-refractivity contribution in [3.63, 3.8) is 0 Å². The molecular formula is C16H23NO. The number of piperidine rings is 1. The molecule has 18 heavy (non-hydrogen) atoms. The maximum absolute atomic E-state index is 5.74. The molecule has 1 N–H and O–H groups in total. The summed E-state index contributed by atoms with van der Waals surface area (Å²) in [4.78, 5) is 0. The van der Waals surface area contributed by atoms with Crippen molar-refractivity contribution < 1.29 is 4.74 Å². The number of benzene rings is 1. The predicted molar refractivity (Wildman–Crippen MR) is 73.7 cm³/mol. The second-order valence-corrected chi connectivity index (χ2v) is 5.71. The summed E-state index contributed by atoms with van der Waals surface area (Å²) in [6, 6.07) is 9.51. The molecule has 0 radical (unpaired) electrons. The van der Waals surface area contributed by atoms with Gasteiger partial charge in [-0.15, -0.1) is 0 Å². The van der Waals surface area contributed by atoms with Crippen molar-refractivity contribution in [2.24, 2.45) is 0 Å². The van der Waals surface area contributed by atoms with Crippen molar-refractivity contribution in [2.75, 3.05) is 13.7 Å². The van der Waals surface area contributed by atoms with Crippen LogP contribution in [0, 0.1) is 0 Å². The first-order chi connectivity index (χ1) is 8.84. The summed E-state index contributed by atoms with van der Waals surface area (Å²) in [7, 11) is 1.85. The maximum atomic E-state index is 5.74. The fourth-order valence-corrected chi connectivity index (χ4v) is 3.20. The van der Waals surface area contributed by atoms with Crippen LogP contribution in [0.25, 0.3) is 0 Å². The number of hydrogen-bond donors (Lipinski definition) is 1. The van der Waals surface area contributed by atoms with Crippen LogP contribution in [-0.4, -0.2) is 19.7 Å². The molecule has 0 aromatic heterocycles. The van der Waals surface area contributed by atoms with E-state index in [1.807, 2.05) is 7.11 Å². The first-order valence-electron chi connectivity index (χ1n) is 7.21. The summed E-state index contributed by atoms with van der Waals surface area (Å²) in [5, 5.41) is 3.64. The van der Waals surface area contributed by atoms with Gasteiger partial charge in [-0.1, -0.05) is 30.7 Å². The van der Waals surface area contributed by atoms with Crippen LogP contribution in [0.4, 0.5) is 0 Å². The van der Waals surface area contributed by atoms with Crippen molar-refractivity contribution >= 4 is 0 Å². The first kappa shape index (κ1) is 12.2. The second kappa shape index (κ2) is 5.02. The number of hydrogen-bond acceptors (Lipinski definition) is 2. The van der Waals surface area contributed by atoms with E-state index >= 15 is 0 Å². The summed E-state index contributed by atoms with van der Waals surface area (Å²) >= 11 is 0. The molecule has 0 amide bonds. The van der Waals surface area contributed by atoms with E-state index in [1.54, 1.807) is 0 Å². The zero-order chi connectivity index (χ0) is 12.4. The highest BCUT2D eigenvalue weighted by Gasteiger charge is 2.45. The van der Waals surface area contributed by atoms with Crippen molar-refractivity contribution in [1.29, 1.82) is 0 Å². The Kier molecular flexibility index (Phi) is 3.40. The lowest BCUT2D eigenvalue weighted by Gasteiger charge is -2.26. The van der Waals surface area contributed by atoms with Gasteiger partial charge in [0.05, 0.1) is 5.60 Å². The lowest BCUT2D eigenvalue weighted by atomic mass is 9.92. The van der Waals surface area contributed by atoms with Crippen LogP contribution in [0.2, 0.25) is 0 Å². The van der Waals surface area contributed by atoms with Crippen LogP contribution in [0.1, 0.15) is 43.2 Å². The fraction of sp³-hybridized carbons (Fsp3) is 0.625. The molecule has 1 saturated carbocycles. The molecule has 1 heterocycles. The minimum atomic E-state index is 0.0469. The van der Waals surface area contributed by atoms with E-state index in [4.69, 9.17) is 4.74 Å². The van der Waals surface area contributed by atoms with Crippen molar-refractivity contribution in [2.45, 2.75) is 50.2 Å². The minimum absolute atomic E-state index is 0.0469. The lowest BCUT2D eigenvalue weighted by Crippen LogP contribution is -2.36. The average molecular weight is 245 g/mol. The van der Waals surface area contributed by atoms with Crippen LogP contribution in [0.15, 0.2) is 24.3 Å². The molecule has 1 aliphatic heterocycles. The van der Waals surface area contributed by atoms with Gasteiger partial charge >= 0.3 is 0 Å². The molecule has 1 aliphatic carbocycles. The number of ether oxygens (including phenoxy) is 1. The zero-order valence-electron chi connectivity index (χ0n) is 11.2. The summed E-state index contributed by atoms with van der Waals surface area (Å²) in [6.07, 6.45) is 7.53. The van der Waals surface area contributed by atoms with Gasteiger partial charge < -0.3 is 10.1 Å². The third-order valence-corrected chi connectivity index (χ3v) is 4.48. The van der Waals surface area contributed by atoms with Crippen LogP contribution >= 0.6 is 0 Å². The monoisotopic (exact) mass is 245 g/mol. The summed E-state index contributed by atoms with van der Waals surface area (Å²) in [6.45, 7) is 1.18. The van der Waals surface area contributed by atoms with E-state index in [2.05, 4.69) is 29.6 Å². The topological polar surface area (TPSA) is 21.3 Å². The van der Waals surface area contributed by atoms with Crippen LogP contribution in [-0.2, 0) is 16.8 Å². The van der Waals surface area contributed by atoms with Crippen LogP contribution in [0.5, 0.6) is 0 Å². The molecule has 98 valence electrons. The molecule has 1 aromatic rings. The Morgan fingerprint density at radius 3 is 2.78 bits per heavy atom. The molecule has 0 spiro atoms. The Labute approximate surface area is 110 Å². The highest BCUT2D eigenvalue weighted by atomic mass is 16.5. The quantitative estimate of drug-likeness (QED) is 0.880. The van der Waals surface area contributed by atoms with Gasteiger partial charge in [0.2, 0.25) is 0 Å². The Bertz CT molecular complexity index is 405. The highest BCUT2D eigenvalue weighted by Crippen LogP contribution is 2.50. The predicted octanol–water partition coefficient (Wildman–Crippen LogP) is 3.01.